The van der Waals surface area contributed by atoms with Crippen molar-refractivity contribution in [2.45, 2.75) is 12.8 Å². The lowest BCUT2D eigenvalue weighted by Crippen LogP contribution is -2.15. The maximum atomic E-state index is 11.6. The monoisotopic (exact) mass is 281 g/mol. The van der Waals surface area contributed by atoms with Crippen LogP contribution in [0.3, 0.4) is 0 Å². The largest absolute Gasteiger partial charge is 0.481 e. The molecule has 0 heterocycles. The van der Waals surface area contributed by atoms with Crippen molar-refractivity contribution in [1.82, 2.24) is 0 Å². The quantitative estimate of drug-likeness (QED) is 0.667. The molecule has 1 aromatic rings. The van der Waals surface area contributed by atoms with Gasteiger partial charge in [0.25, 0.3) is 0 Å². The molecular weight excluding hydrogens is 262 g/mol. The molecule has 0 saturated carbocycles. The van der Waals surface area contributed by atoms with Gasteiger partial charge in [0.15, 0.2) is 0 Å². The number of ether oxygens (including phenoxy) is 2. The molecule has 0 bridgehead atoms. The first-order chi connectivity index (χ1) is 9.61. The summed E-state index contributed by atoms with van der Waals surface area (Å²) in [5.74, 6) is -1.02. The lowest BCUT2D eigenvalue weighted by atomic mass is 10.1. The molecule has 2 N–H and O–H groups in total. The number of carboxylic acid groups (broad SMARTS) is 1. The fourth-order valence-corrected chi connectivity index (χ4v) is 1.51. The molecule has 1 rings (SSSR count). The van der Waals surface area contributed by atoms with Crippen LogP contribution in [0.4, 0.5) is 5.69 Å². The first kappa shape index (κ1) is 16.1. The van der Waals surface area contributed by atoms with E-state index in [0.29, 0.717) is 31.1 Å². The summed E-state index contributed by atoms with van der Waals surface area (Å²) in [5.41, 5.74) is 1.33. The smallest absolute Gasteiger partial charge is 0.307 e. The van der Waals surface area contributed by atoms with Crippen molar-refractivity contribution in [2.24, 2.45) is 0 Å². The lowest BCUT2D eigenvalue weighted by Gasteiger charge is -2.06. The fourth-order valence-electron chi connectivity index (χ4n) is 1.51. The van der Waals surface area contributed by atoms with E-state index in [1.807, 2.05) is 0 Å². The number of benzene rings is 1. The number of hydrogen-bond acceptors (Lipinski definition) is 4. The molecule has 0 aliphatic heterocycles. The van der Waals surface area contributed by atoms with Crippen molar-refractivity contribution in [3.05, 3.63) is 29.8 Å². The zero-order chi connectivity index (χ0) is 14.8. The molecule has 20 heavy (non-hydrogen) atoms. The van der Waals surface area contributed by atoms with E-state index < -0.39 is 5.97 Å². The maximum Gasteiger partial charge on any atom is 0.307 e. The molecule has 1 aromatic carbocycles. The predicted octanol–water partition coefficient (Wildman–Crippen LogP) is 1.31. The van der Waals surface area contributed by atoms with Crippen LogP contribution in [-0.4, -0.2) is 43.9 Å². The second-order valence-corrected chi connectivity index (χ2v) is 4.17. The Morgan fingerprint density at radius 1 is 1.15 bits per heavy atom. The van der Waals surface area contributed by atoms with Crippen molar-refractivity contribution < 1.29 is 24.2 Å². The van der Waals surface area contributed by atoms with Crippen LogP contribution in [0.15, 0.2) is 24.3 Å². The molecule has 0 aromatic heterocycles. The van der Waals surface area contributed by atoms with Gasteiger partial charge >= 0.3 is 5.97 Å². The Kier molecular flexibility index (Phi) is 7.31. The Morgan fingerprint density at radius 3 is 2.45 bits per heavy atom. The number of anilines is 1. The number of amides is 1. The second kappa shape index (κ2) is 9.06. The van der Waals surface area contributed by atoms with Gasteiger partial charge in [-0.3, -0.25) is 9.59 Å². The van der Waals surface area contributed by atoms with Crippen LogP contribution in [0, 0.1) is 0 Å². The molecule has 0 saturated heterocycles. The molecular formula is C14H19NO5. The van der Waals surface area contributed by atoms with Crippen molar-refractivity contribution >= 4 is 17.6 Å². The number of carbonyl (C=O) groups excluding carboxylic acids is 1. The molecule has 0 atom stereocenters. The van der Waals surface area contributed by atoms with Gasteiger partial charge in [-0.15, -0.1) is 0 Å². The maximum absolute atomic E-state index is 11.6. The minimum Gasteiger partial charge on any atom is -0.481 e. The molecule has 0 spiro atoms. The molecule has 0 fully saturated rings. The summed E-state index contributed by atoms with van der Waals surface area (Å²) in [6, 6.07) is 6.72. The normalized spacial score (nSPS) is 10.2. The van der Waals surface area contributed by atoms with Gasteiger partial charge in [0.1, 0.15) is 0 Å². The number of hydrogen-bond donors (Lipinski definition) is 2. The molecule has 1 amide bonds. The summed E-state index contributed by atoms with van der Waals surface area (Å²) in [6.45, 7) is 1.31. The van der Waals surface area contributed by atoms with E-state index in [2.05, 4.69) is 5.32 Å². The number of carbonyl (C=O) groups is 2. The predicted molar refractivity (Wildman–Crippen MR) is 73.7 cm³/mol. The van der Waals surface area contributed by atoms with Gasteiger partial charge in [-0.1, -0.05) is 12.1 Å². The summed E-state index contributed by atoms with van der Waals surface area (Å²) < 4.78 is 10.0. The average Bonchev–Trinajstić information content (AvgIpc) is 2.40. The van der Waals surface area contributed by atoms with E-state index in [1.54, 1.807) is 31.4 Å². The van der Waals surface area contributed by atoms with Gasteiger partial charge in [-0.2, -0.15) is 0 Å². The first-order valence-electron chi connectivity index (χ1n) is 6.29. The second-order valence-electron chi connectivity index (χ2n) is 4.17. The molecule has 0 aliphatic carbocycles. The minimum absolute atomic E-state index is 0.0262. The van der Waals surface area contributed by atoms with Crippen LogP contribution in [0.1, 0.15) is 12.0 Å². The Balaban J connectivity index is 2.29. The third kappa shape index (κ3) is 6.86. The van der Waals surface area contributed by atoms with Gasteiger partial charge in [0.2, 0.25) is 5.91 Å². The van der Waals surface area contributed by atoms with Crippen LogP contribution >= 0.6 is 0 Å². The molecule has 6 heteroatoms. The molecule has 110 valence electrons. The fraction of sp³-hybridized carbons (Fsp3) is 0.429. The molecule has 0 aliphatic rings. The molecule has 6 nitrogen and oxygen atoms in total. The zero-order valence-corrected chi connectivity index (χ0v) is 11.4. The van der Waals surface area contributed by atoms with Crippen LogP contribution in [0.5, 0.6) is 0 Å². The van der Waals surface area contributed by atoms with E-state index in [0.717, 1.165) is 0 Å². The van der Waals surface area contributed by atoms with E-state index in [1.165, 1.54) is 0 Å². The van der Waals surface area contributed by atoms with Gasteiger partial charge in [-0.25, -0.2) is 0 Å². The average molecular weight is 281 g/mol. The Morgan fingerprint density at radius 2 is 1.85 bits per heavy atom. The molecule has 0 radical (unpaired) electrons. The Labute approximate surface area is 117 Å². The Bertz CT molecular complexity index is 430. The summed E-state index contributed by atoms with van der Waals surface area (Å²) in [6.07, 6.45) is 0.238. The van der Waals surface area contributed by atoms with Gasteiger partial charge in [0, 0.05) is 12.8 Å². The summed E-state index contributed by atoms with van der Waals surface area (Å²) >= 11 is 0. The first-order valence-corrected chi connectivity index (χ1v) is 6.29. The van der Waals surface area contributed by atoms with E-state index in [4.69, 9.17) is 14.6 Å². The van der Waals surface area contributed by atoms with E-state index in [9.17, 15) is 9.59 Å². The number of methoxy groups -OCH3 is 1. The number of carboxylic acids is 1. The van der Waals surface area contributed by atoms with Crippen molar-refractivity contribution in [1.29, 1.82) is 0 Å². The molecule has 0 unspecified atom stereocenters. The van der Waals surface area contributed by atoms with Crippen molar-refractivity contribution in [2.75, 3.05) is 32.2 Å². The summed E-state index contributed by atoms with van der Waals surface area (Å²) in [5, 5.41) is 11.4. The minimum atomic E-state index is -0.880. The highest BCUT2D eigenvalue weighted by Crippen LogP contribution is 2.10. The van der Waals surface area contributed by atoms with Gasteiger partial charge in [0.05, 0.1) is 32.7 Å². The SMILES string of the molecule is COCCOCCC(=O)Nc1ccc(CC(=O)O)cc1. The topological polar surface area (TPSA) is 84.9 Å². The lowest BCUT2D eigenvalue weighted by molar-refractivity contribution is -0.136. The standard InChI is InChI=1S/C14H19NO5/c1-19-8-9-20-7-6-13(16)15-12-4-2-11(3-5-12)10-14(17)18/h2-5H,6-10H2,1H3,(H,15,16)(H,17,18). The number of nitrogens with one attached hydrogen (secondary N) is 1. The Hall–Kier alpha value is -1.92. The summed E-state index contributed by atoms with van der Waals surface area (Å²) in [7, 11) is 1.59. The summed E-state index contributed by atoms with van der Waals surface area (Å²) in [4.78, 5) is 22.1. The highest BCUT2D eigenvalue weighted by molar-refractivity contribution is 5.90. The van der Waals surface area contributed by atoms with Gasteiger partial charge < -0.3 is 19.9 Å². The third-order valence-electron chi connectivity index (χ3n) is 2.50. The highest BCUT2D eigenvalue weighted by atomic mass is 16.5. The van der Waals surface area contributed by atoms with Crippen molar-refractivity contribution in [3.8, 4) is 0 Å². The van der Waals surface area contributed by atoms with Gasteiger partial charge in [-0.05, 0) is 17.7 Å². The van der Waals surface area contributed by atoms with Crippen molar-refractivity contribution in [3.63, 3.8) is 0 Å². The number of aliphatic carboxylic acids is 1. The zero-order valence-electron chi connectivity index (χ0n) is 11.4. The van der Waals surface area contributed by atoms with Crippen LogP contribution in [0.2, 0.25) is 0 Å². The van der Waals surface area contributed by atoms with E-state index in [-0.39, 0.29) is 18.7 Å². The van der Waals surface area contributed by atoms with E-state index >= 15 is 0 Å². The van der Waals surface area contributed by atoms with Crippen LogP contribution < -0.4 is 5.32 Å². The van der Waals surface area contributed by atoms with Crippen LogP contribution in [-0.2, 0) is 25.5 Å². The third-order valence-corrected chi connectivity index (χ3v) is 2.50. The van der Waals surface area contributed by atoms with Crippen LogP contribution in [0.25, 0.3) is 0 Å². The number of rotatable bonds is 9. The highest BCUT2D eigenvalue weighted by Gasteiger charge is 2.04.